The van der Waals surface area contributed by atoms with Crippen LogP contribution in [0.25, 0.3) is 0 Å². The van der Waals surface area contributed by atoms with Gasteiger partial charge in [-0.2, -0.15) is 0 Å². The monoisotopic (exact) mass is 320 g/mol. The van der Waals surface area contributed by atoms with E-state index in [1.165, 1.54) is 0 Å². The summed E-state index contributed by atoms with van der Waals surface area (Å²) in [5, 5.41) is 3.61. The molecule has 1 aliphatic heterocycles. The van der Waals surface area contributed by atoms with Crippen LogP contribution in [0.3, 0.4) is 0 Å². The zero-order valence-electron chi connectivity index (χ0n) is 12.6. The maximum absolute atomic E-state index is 12.3. The number of hydrogen-bond donors (Lipinski definition) is 1. The molecule has 22 heavy (non-hydrogen) atoms. The van der Waals surface area contributed by atoms with E-state index in [0.29, 0.717) is 24.4 Å². The normalized spacial score (nSPS) is 20.4. The van der Waals surface area contributed by atoms with Crippen LogP contribution in [0.1, 0.15) is 43.7 Å². The van der Waals surface area contributed by atoms with Gasteiger partial charge in [-0.05, 0) is 43.4 Å². The number of nitrogens with one attached hydrogen (secondary N) is 1. The van der Waals surface area contributed by atoms with Crippen LogP contribution in [-0.4, -0.2) is 29.8 Å². The largest absolute Gasteiger partial charge is 0.356 e. The maximum atomic E-state index is 12.3. The predicted octanol–water partition coefficient (Wildman–Crippen LogP) is 2.92. The quantitative estimate of drug-likeness (QED) is 0.819. The Morgan fingerprint density at radius 3 is 2.50 bits per heavy atom. The average molecular weight is 321 g/mol. The number of carbonyl (C=O) groups is 2. The molecule has 1 atom stereocenters. The molecule has 2 aliphatic rings. The molecule has 118 valence electrons. The van der Waals surface area contributed by atoms with E-state index in [4.69, 9.17) is 11.6 Å². The van der Waals surface area contributed by atoms with Crippen molar-refractivity contribution in [1.82, 2.24) is 10.2 Å². The van der Waals surface area contributed by atoms with Crippen molar-refractivity contribution in [3.63, 3.8) is 0 Å². The third kappa shape index (κ3) is 3.61. The van der Waals surface area contributed by atoms with Crippen LogP contribution < -0.4 is 5.32 Å². The van der Waals surface area contributed by atoms with Gasteiger partial charge in [0.25, 0.3) is 0 Å². The molecule has 3 rings (SSSR count). The first-order valence-corrected chi connectivity index (χ1v) is 8.35. The minimum Gasteiger partial charge on any atom is -0.356 e. The predicted molar refractivity (Wildman–Crippen MR) is 85.5 cm³/mol. The van der Waals surface area contributed by atoms with Gasteiger partial charge in [0.05, 0.1) is 6.04 Å². The number of nitrogens with zero attached hydrogens (tertiary/aromatic N) is 1. The summed E-state index contributed by atoms with van der Waals surface area (Å²) in [7, 11) is 0. The molecule has 2 amide bonds. The Bertz CT molecular complexity index is 554. The molecule has 2 fully saturated rings. The fraction of sp³-hybridized carbons (Fsp3) is 0.529. The molecule has 1 N–H and O–H groups in total. The fourth-order valence-electron chi connectivity index (χ4n) is 2.80. The second kappa shape index (κ2) is 6.69. The first-order chi connectivity index (χ1) is 10.6. The highest BCUT2D eigenvalue weighted by molar-refractivity contribution is 6.30. The lowest BCUT2D eigenvalue weighted by atomic mass is 9.94. The summed E-state index contributed by atoms with van der Waals surface area (Å²) in [6.07, 6.45) is 4.24. The van der Waals surface area contributed by atoms with Crippen molar-refractivity contribution < 1.29 is 9.59 Å². The molecule has 1 aliphatic carbocycles. The molecule has 1 heterocycles. The van der Waals surface area contributed by atoms with Gasteiger partial charge in [0.2, 0.25) is 11.8 Å². The van der Waals surface area contributed by atoms with Crippen LogP contribution in [-0.2, 0) is 9.59 Å². The van der Waals surface area contributed by atoms with E-state index in [9.17, 15) is 9.59 Å². The minimum absolute atomic E-state index is 0.149. The topological polar surface area (TPSA) is 49.4 Å². The molecular formula is C17H21ClN2O2. The van der Waals surface area contributed by atoms with Crippen molar-refractivity contribution in [3.8, 4) is 0 Å². The van der Waals surface area contributed by atoms with Crippen molar-refractivity contribution >= 4 is 23.4 Å². The van der Waals surface area contributed by atoms with Gasteiger partial charge in [0, 0.05) is 30.5 Å². The number of amides is 2. The van der Waals surface area contributed by atoms with Gasteiger partial charge in [-0.25, -0.2) is 0 Å². The molecule has 0 bridgehead atoms. The first kappa shape index (κ1) is 15.3. The van der Waals surface area contributed by atoms with E-state index >= 15 is 0 Å². The van der Waals surface area contributed by atoms with Gasteiger partial charge >= 0.3 is 0 Å². The lowest BCUT2D eigenvalue weighted by Crippen LogP contribution is -2.45. The third-order valence-electron chi connectivity index (χ3n) is 4.41. The zero-order chi connectivity index (χ0) is 15.5. The van der Waals surface area contributed by atoms with Gasteiger partial charge in [-0.15, -0.1) is 0 Å². The molecule has 0 aromatic heterocycles. The number of hydrogen-bond acceptors (Lipinski definition) is 2. The summed E-state index contributed by atoms with van der Waals surface area (Å²) in [5.41, 5.74) is 1.14. The highest BCUT2D eigenvalue weighted by Gasteiger charge is 2.33. The number of likely N-dealkylation sites (tertiary alicyclic amines) is 1. The number of carbonyl (C=O) groups excluding carboxylic acids is 2. The summed E-state index contributed by atoms with van der Waals surface area (Å²) in [5.74, 6) is 0.558. The van der Waals surface area contributed by atoms with E-state index in [-0.39, 0.29) is 23.8 Å². The molecule has 4 nitrogen and oxygen atoms in total. The van der Waals surface area contributed by atoms with E-state index in [1.54, 1.807) is 0 Å². The van der Waals surface area contributed by atoms with Gasteiger partial charge in [-0.1, -0.05) is 23.7 Å². The number of halogens is 1. The van der Waals surface area contributed by atoms with Crippen molar-refractivity contribution in [1.29, 1.82) is 0 Å². The Kier molecular flexibility index (Phi) is 4.67. The standard InChI is InChI=1S/C17H21ClN2O2/c18-14-7-5-12(6-8-14)15-9-11-20(15)16(21)2-1-10-19-17(22)13-3-4-13/h5-8,13,15H,1-4,9-11H2,(H,19,22)/t15-/m0/s1. The second-order valence-electron chi connectivity index (χ2n) is 6.11. The van der Waals surface area contributed by atoms with Crippen LogP contribution in [0.5, 0.6) is 0 Å². The first-order valence-electron chi connectivity index (χ1n) is 7.98. The molecule has 0 radical (unpaired) electrons. The van der Waals surface area contributed by atoms with Gasteiger partial charge in [0.1, 0.15) is 0 Å². The summed E-state index contributed by atoms with van der Waals surface area (Å²) in [6.45, 7) is 1.42. The third-order valence-corrected chi connectivity index (χ3v) is 4.66. The van der Waals surface area contributed by atoms with E-state index < -0.39 is 0 Å². The molecular weight excluding hydrogens is 300 g/mol. The summed E-state index contributed by atoms with van der Waals surface area (Å²) >= 11 is 5.90. The lowest BCUT2D eigenvalue weighted by Gasteiger charge is -2.41. The summed E-state index contributed by atoms with van der Waals surface area (Å²) < 4.78 is 0. The Hall–Kier alpha value is -1.55. The van der Waals surface area contributed by atoms with Crippen molar-refractivity contribution in [2.75, 3.05) is 13.1 Å². The van der Waals surface area contributed by atoms with Crippen molar-refractivity contribution in [2.24, 2.45) is 5.92 Å². The summed E-state index contributed by atoms with van der Waals surface area (Å²) in [6, 6.07) is 7.90. The van der Waals surface area contributed by atoms with Crippen LogP contribution in [0.2, 0.25) is 5.02 Å². The summed E-state index contributed by atoms with van der Waals surface area (Å²) in [4.78, 5) is 25.7. The van der Waals surface area contributed by atoms with Crippen LogP contribution >= 0.6 is 11.6 Å². The minimum atomic E-state index is 0.149. The molecule has 1 aromatic carbocycles. The van der Waals surface area contributed by atoms with Gasteiger partial charge in [0.15, 0.2) is 0 Å². The SMILES string of the molecule is O=C(NCCCC(=O)N1CC[C@H]1c1ccc(Cl)cc1)C1CC1. The molecule has 0 spiro atoms. The lowest BCUT2D eigenvalue weighted by molar-refractivity contribution is -0.139. The highest BCUT2D eigenvalue weighted by atomic mass is 35.5. The van der Waals surface area contributed by atoms with Crippen LogP contribution in [0.15, 0.2) is 24.3 Å². The highest BCUT2D eigenvalue weighted by Crippen LogP contribution is 2.34. The Labute approximate surface area is 135 Å². The molecule has 1 saturated carbocycles. The van der Waals surface area contributed by atoms with E-state index in [1.807, 2.05) is 29.2 Å². The average Bonchev–Trinajstić information content (AvgIpc) is 3.29. The van der Waals surface area contributed by atoms with Gasteiger partial charge < -0.3 is 10.2 Å². The van der Waals surface area contributed by atoms with E-state index in [0.717, 1.165) is 31.4 Å². The van der Waals surface area contributed by atoms with Gasteiger partial charge in [-0.3, -0.25) is 9.59 Å². The molecule has 0 unspecified atom stereocenters. The Morgan fingerprint density at radius 1 is 1.18 bits per heavy atom. The van der Waals surface area contributed by atoms with E-state index in [2.05, 4.69) is 5.32 Å². The van der Waals surface area contributed by atoms with Crippen LogP contribution in [0.4, 0.5) is 0 Å². The van der Waals surface area contributed by atoms with Crippen molar-refractivity contribution in [2.45, 2.75) is 38.1 Å². The molecule has 5 heteroatoms. The smallest absolute Gasteiger partial charge is 0.223 e. The number of rotatable bonds is 6. The number of benzene rings is 1. The van der Waals surface area contributed by atoms with Crippen LogP contribution in [0, 0.1) is 5.92 Å². The fourth-order valence-corrected chi connectivity index (χ4v) is 2.93. The molecule has 1 saturated heterocycles. The Morgan fingerprint density at radius 2 is 1.91 bits per heavy atom. The second-order valence-corrected chi connectivity index (χ2v) is 6.55. The zero-order valence-corrected chi connectivity index (χ0v) is 13.3. The Balaban J connectivity index is 1.42. The molecule has 1 aromatic rings. The van der Waals surface area contributed by atoms with Crippen molar-refractivity contribution in [3.05, 3.63) is 34.9 Å². The maximum Gasteiger partial charge on any atom is 0.223 e.